The SMILES string of the molecule is CC1(C(=O)O)CCN(C(=O)Nc2nc(-c3cccc(Cl)c3)ns2)C1. The molecule has 1 saturated heterocycles. The molecule has 9 heteroatoms. The molecule has 1 atom stereocenters. The molecular formula is C15H15ClN4O3S. The average molecular weight is 367 g/mol. The van der Waals surface area contributed by atoms with Crippen molar-refractivity contribution in [1.82, 2.24) is 14.3 Å². The number of hydrogen-bond acceptors (Lipinski definition) is 5. The zero-order chi connectivity index (χ0) is 17.3. The molecule has 2 N–H and O–H groups in total. The number of carbonyl (C=O) groups is 2. The molecule has 1 fully saturated rings. The first-order chi connectivity index (χ1) is 11.4. The van der Waals surface area contributed by atoms with Crippen molar-refractivity contribution in [1.29, 1.82) is 0 Å². The summed E-state index contributed by atoms with van der Waals surface area (Å²) in [4.78, 5) is 29.3. The molecule has 24 heavy (non-hydrogen) atoms. The van der Waals surface area contributed by atoms with Crippen molar-refractivity contribution in [3.8, 4) is 11.4 Å². The lowest BCUT2D eigenvalue weighted by Gasteiger charge is -2.19. The second-order valence-electron chi connectivity index (χ2n) is 5.90. The number of anilines is 1. The molecule has 0 bridgehead atoms. The number of carbonyl (C=O) groups excluding carboxylic acids is 1. The third-order valence-corrected chi connectivity index (χ3v) is 4.87. The lowest BCUT2D eigenvalue weighted by atomic mass is 9.90. The fourth-order valence-electron chi connectivity index (χ4n) is 2.50. The van der Waals surface area contributed by atoms with Crippen LogP contribution in [0.15, 0.2) is 24.3 Å². The van der Waals surface area contributed by atoms with Crippen LogP contribution < -0.4 is 5.32 Å². The minimum Gasteiger partial charge on any atom is -0.481 e. The van der Waals surface area contributed by atoms with Crippen molar-refractivity contribution in [2.45, 2.75) is 13.3 Å². The highest BCUT2D eigenvalue weighted by Gasteiger charge is 2.42. The van der Waals surface area contributed by atoms with E-state index in [-0.39, 0.29) is 12.6 Å². The fourth-order valence-corrected chi connectivity index (χ4v) is 3.27. The monoisotopic (exact) mass is 366 g/mol. The van der Waals surface area contributed by atoms with Gasteiger partial charge in [-0.3, -0.25) is 10.1 Å². The van der Waals surface area contributed by atoms with Gasteiger partial charge in [-0.2, -0.15) is 9.36 Å². The van der Waals surface area contributed by atoms with Crippen molar-refractivity contribution in [3.05, 3.63) is 29.3 Å². The van der Waals surface area contributed by atoms with E-state index < -0.39 is 11.4 Å². The molecule has 1 aromatic heterocycles. The molecule has 1 aliphatic rings. The smallest absolute Gasteiger partial charge is 0.323 e. The molecule has 126 valence electrons. The first-order valence-electron chi connectivity index (χ1n) is 7.26. The standard InChI is InChI=1S/C15H15ClN4O3S/c1-15(12(21)22)5-6-20(8-15)14(23)18-13-17-11(19-24-13)9-3-2-4-10(16)7-9/h2-4,7H,5-6,8H2,1H3,(H,21,22)(H,17,18,19,23). The van der Waals surface area contributed by atoms with Gasteiger partial charge < -0.3 is 10.0 Å². The van der Waals surface area contributed by atoms with Crippen LogP contribution in [-0.4, -0.2) is 44.5 Å². The number of carboxylic acid groups (broad SMARTS) is 1. The van der Waals surface area contributed by atoms with Gasteiger partial charge in [0.1, 0.15) is 0 Å². The quantitative estimate of drug-likeness (QED) is 0.869. The summed E-state index contributed by atoms with van der Waals surface area (Å²) in [6.07, 6.45) is 0.430. The Bertz CT molecular complexity index is 797. The Kier molecular flexibility index (Phi) is 4.42. The number of nitrogens with zero attached hydrogens (tertiary/aromatic N) is 3. The van der Waals surface area contributed by atoms with Gasteiger partial charge in [0.2, 0.25) is 5.13 Å². The van der Waals surface area contributed by atoms with Gasteiger partial charge in [0.25, 0.3) is 0 Å². The molecule has 1 unspecified atom stereocenters. The second-order valence-corrected chi connectivity index (χ2v) is 7.09. The van der Waals surface area contributed by atoms with Crippen molar-refractivity contribution < 1.29 is 14.7 Å². The molecule has 7 nitrogen and oxygen atoms in total. The predicted molar refractivity (Wildman–Crippen MR) is 91.3 cm³/mol. The van der Waals surface area contributed by atoms with Gasteiger partial charge in [-0.05, 0) is 25.5 Å². The number of carboxylic acids is 1. The molecular weight excluding hydrogens is 352 g/mol. The number of aromatic nitrogens is 2. The van der Waals surface area contributed by atoms with Gasteiger partial charge in [-0.1, -0.05) is 23.7 Å². The van der Waals surface area contributed by atoms with Gasteiger partial charge in [-0.15, -0.1) is 0 Å². The number of benzene rings is 1. The molecule has 0 radical (unpaired) electrons. The number of amides is 2. The van der Waals surface area contributed by atoms with Gasteiger partial charge in [0.05, 0.1) is 5.41 Å². The number of nitrogens with one attached hydrogen (secondary N) is 1. The van der Waals surface area contributed by atoms with E-state index in [0.717, 1.165) is 17.1 Å². The zero-order valence-electron chi connectivity index (χ0n) is 12.8. The van der Waals surface area contributed by atoms with Crippen molar-refractivity contribution in [2.75, 3.05) is 18.4 Å². The normalized spacial score (nSPS) is 20.2. The second kappa shape index (κ2) is 6.37. The largest absolute Gasteiger partial charge is 0.481 e. The Balaban J connectivity index is 1.67. The van der Waals surface area contributed by atoms with E-state index in [1.807, 2.05) is 6.07 Å². The van der Waals surface area contributed by atoms with Crippen molar-refractivity contribution in [3.63, 3.8) is 0 Å². The molecule has 2 heterocycles. The highest BCUT2D eigenvalue weighted by molar-refractivity contribution is 7.10. The maximum atomic E-state index is 12.3. The van der Waals surface area contributed by atoms with Gasteiger partial charge in [-0.25, -0.2) is 4.79 Å². The van der Waals surface area contributed by atoms with Crippen LogP contribution in [0.25, 0.3) is 11.4 Å². The summed E-state index contributed by atoms with van der Waals surface area (Å²) >= 11 is 7.01. The Labute approximate surface area is 147 Å². The lowest BCUT2D eigenvalue weighted by molar-refractivity contribution is -0.146. The summed E-state index contributed by atoms with van der Waals surface area (Å²) in [6, 6.07) is 6.77. The first-order valence-corrected chi connectivity index (χ1v) is 8.41. The number of rotatable bonds is 3. The third-order valence-electron chi connectivity index (χ3n) is 4.00. The average Bonchev–Trinajstić information content (AvgIpc) is 3.15. The van der Waals surface area contributed by atoms with E-state index in [4.69, 9.17) is 11.6 Å². The van der Waals surface area contributed by atoms with Crippen LogP contribution >= 0.6 is 23.1 Å². The summed E-state index contributed by atoms with van der Waals surface area (Å²) in [7, 11) is 0. The first kappa shape index (κ1) is 16.7. The molecule has 2 aromatic rings. The van der Waals surface area contributed by atoms with E-state index in [9.17, 15) is 14.7 Å². The Morgan fingerprint density at radius 1 is 1.46 bits per heavy atom. The fraction of sp³-hybridized carbons (Fsp3) is 0.333. The van der Waals surface area contributed by atoms with E-state index in [1.165, 1.54) is 4.90 Å². The molecule has 1 aliphatic heterocycles. The van der Waals surface area contributed by atoms with E-state index in [1.54, 1.807) is 25.1 Å². The Morgan fingerprint density at radius 3 is 2.92 bits per heavy atom. The molecule has 0 aliphatic carbocycles. The maximum Gasteiger partial charge on any atom is 0.323 e. The minimum absolute atomic E-state index is 0.175. The molecule has 1 aromatic carbocycles. The summed E-state index contributed by atoms with van der Waals surface area (Å²) in [6.45, 7) is 2.22. The summed E-state index contributed by atoms with van der Waals surface area (Å²) in [5.74, 6) is -0.411. The molecule has 3 rings (SSSR count). The number of aliphatic carboxylic acids is 1. The predicted octanol–water partition coefficient (Wildman–Crippen LogP) is 3.19. The van der Waals surface area contributed by atoms with Crippen LogP contribution in [0.4, 0.5) is 9.93 Å². The van der Waals surface area contributed by atoms with Gasteiger partial charge >= 0.3 is 12.0 Å². The van der Waals surface area contributed by atoms with Crippen LogP contribution in [0.1, 0.15) is 13.3 Å². The molecule has 0 spiro atoms. The molecule has 2 amide bonds. The van der Waals surface area contributed by atoms with Crippen molar-refractivity contribution >= 4 is 40.3 Å². The van der Waals surface area contributed by atoms with Crippen LogP contribution in [0.3, 0.4) is 0 Å². The van der Waals surface area contributed by atoms with E-state index in [2.05, 4.69) is 14.7 Å². The Hall–Kier alpha value is -2.19. The maximum absolute atomic E-state index is 12.3. The van der Waals surface area contributed by atoms with E-state index >= 15 is 0 Å². The summed E-state index contributed by atoms with van der Waals surface area (Å²) in [5.41, 5.74) is -0.136. The number of likely N-dealkylation sites (tertiary alicyclic amines) is 1. The zero-order valence-corrected chi connectivity index (χ0v) is 14.4. The number of hydrogen-bond donors (Lipinski definition) is 2. The van der Waals surface area contributed by atoms with Gasteiger partial charge in [0, 0.05) is 35.2 Å². The highest BCUT2D eigenvalue weighted by Crippen LogP contribution is 2.31. The van der Waals surface area contributed by atoms with Crippen LogP contribution in [0.5, 0.6) is 0 Å². The minimum atomic E-state index is -0.898. The number of halogens is 1. The summed E-state index contributed by atoms with van der Waals surface area (Å²) in [5, 5.41) is 12.8. The van der Waals surface area contributed by atoms with Crippen LogP contribution in [0.2, 0.25) is 5.02 Å². The van der Waals surface area contributed by atoms with Gasteiger partial charge in [0.15, 0.2) is 5.82 Å². The number of urea groups is 1. The van der Waals surface area contributed by atoms with Crippen LogP contribution in [0, 0.1) is 5.41 Å². The van der Waals surface area contributed by atoms with Crippen molar-refractivity contribution in [2.24, 2.45) is 5.41 Å². The lowest BCUT2D eigenvalue weighted by Crippen LogP contribution is -2.37. The van der Waals surface area contributed by atoms with Crippen LogP contribution in [-0.2, 0) is 4.79 Å². The topological polar surface area (TPSA) is 95.4 Å². The summed E-state index contributed by atoms with van der Waals surface area (Å²) < 4.78 is 4.21. The van der Waals surface area contributed by atoms with E-state index in [0.29, 0.717) is 28.9 Å². The Morgan fingerprint density at radius 2 is 2.25 bits per heavy atom. The third kappa shape index (κ3) is 3.34. The molecule has 0 saturated carbocycles. The highest BCUT2D eigenvalue weighted by atomic mass is 35.5.